The van der Waals surface area contributed by atoms with E-state index in [1.165, 1.54) is 15.0 Å². The van der Waals surface area contributed by atoms with Gasteiger partial charge in [0.15, 0.2) is 0 Å². The fourth-order valence-corrected chi connectivity index (χ4v) is 4.59. The van der Waals surface area contributed by atoms with Crippen molar-refractivity contribution in [3.63, 3.8) is 0 Å². The van der Waals surface area contributed by atoms with Crippen LogP contribution in [-0.2, 0) is 0 Å². The summed E-state index contributed by atoms with van der Waals surface area (Å²) in [5, 5.41) is 1.37. The summed E-state index contributed by atoms with van der Waals surface area (Å²) in [5.41, 5.74) is 0. The normalized spacial score (nSPS) is 31.5. The molecule has 0 unspecified atom stereocenters. The third kappa shape index (κ3) is 1.23. The van der Waals surface area contributed by atoms with Crippen molar-refractivity contribution in [3.05, 3.63) is 0 Å². The van der Waals surface area contributed by atoms with Crippen LogP contribution in [0.4, 0.5) is 0 Å². The molecule has 0 aromatic carbocycles. The first-order valence-electron chi connectivity index (χ1n) is 3.21. The number of rotatable bonds is 0. The highest BCUT2D eigenvalue weighted by Crippen LogP contribution is 2.59. The van der Waals surface area contributed by atoms with Crippen LogP contribution in [0.15, 0.2) is 0 Å². The van der Waals surface area contributed by atoms with Gasteiger partial charge in [-0.2, -0.15) is 0 Å². The molecule has 0 N–H and O–H groups in total. The molecule has 1 rings (SSSR count). The van der Waals surface area contributed by atoms with E-state index in [2.05, 4.69) is 27.7 Å². The lowest BCUT2D eigenvalue weighted by molar-refractivity contribution is 0.463. The molecule has 0 spiro atoms. The van der Waals surface area contributed by atoms with Crippen molar-refractivity contribution in [1.29, 1.82) is 0 Å². The zero-order valence-electron chi connectivity index (χ0n) is 6.21. The Morgan fingerprint density at radius 3 is 1.25 bits per heavy atom. The second-order valence-electron chi connectivity index (χ2n) is 4.07. The molecule has 1 heterocycles. The van der Waals surface area contributed by atoms with Gasteiger partial charge >= 0.3 is 0 Å². The third-order valence-corrected chi connectivity index (χ3v) is 3.27. The molecule has 0 atom stereocenters. The van der Waals surface area contributed by atoms with Crippen LogP contribution < -0.4 is 0 Å². The van der Waals surface area contributed by atoms with Gasteiger partial charge in [-0.05, 0) is 16.7 Å². The first kappa shape index (κ1) is 6.55. The minimum Gasteiger partial charge on any atom is -0.110 e. The largest absolute Gasteiger partial charge is 0.110 e. The van der Waals surface area contributed by atoms with E-state index in [9.17, 15) is 0 Å². The summed E-state index contributed by atoms with van der Waals surface area (Å²) in [6, 6.07) is 0. The van der Waals surface area contributed by atoms with Gasteiger partial charge < -0.3 is 0 Å². The molecule has 8 heavy (non-hydrogen) atoms. The minimum absolute atomic E-state index is 0.684. The number of hydrogen-bond donors (Lipinski definition) is 0. The average molecular weight is 130 g/mol. The first-order valence-corrected chi connectivity index (χ1v) is 4.21. The summed E-state index contributed by atoms with van der Waals surface area (Å²) in [4.78, 5) is 0. The summed E-state index contributed by atoms with van der Waals surface area (Å²) in [7, 11) is 1.17. The van der Waals surface area contributed by atoms with Gasteiger partial charge in [-0.25, -0.2) is 0 Å². The molecule has 1 fully saturated rings. The lowest BCUT2D eigenvalue weighted by atomic mass is 9.96. The van der Waals surface area contributed by atoms with E-state index in [0.717, 1.165) is 0 Å². The van der Waals surface area contributed by atoms with Crippen LogP contribution >= 0.6 is 8.58 Å². The maximum Gasteiger partial charge on any atom is -0.0165 e. The van der Waals surface area contributed by atoms with Gasteiger partial charge in [0.2, 0.25) is 0 Å². The Hall–Kier alpha value is 0.430. The van der Waals surface area contributed by atoms with Crippen LogP contribution in [0.1, 0.15) is 34.1 Å². The predicted molar refractivity (Wildman–Crippen MR) is 41.1 cm³/mol. The van der Waals surface area contributed by atoms with Gasteiger partial charge in [-0.15, -0.1) is 8.58 Å². The fourth-order valence-electron chi connectivity index (χ4n) is 2.00. The topological polar surface area (TPSA) is 0 Å². The summed E-state index contributed by atoms with van der Waals surface area (Å²) in [6.45, 7) is 9.43. The SMILES string of the molecule is CC1(C)CC(C)(C)P1. The van der Waals surface area contributed by atoms with Crippen LogP contribution in [0, 0.1) is 0 Å². The standard InChI is InChI=1S/C7H15P/c1-6(2)5-7(3,4)8-6/h8H,5H2,1-4H3. The van der Waals surface area contributed by atoms with Crippen LogP contribution in [0.3, 0.4) is 0 Å². The Bertz CT molecular complexity index is 81.0. The molecule has 1 aliphatic heterocycles. The fraction of sp³-hybridized carbons (Fsp3) is 1.00. The van der Waals surface area contributed by atoms with Crippen molar-refractivity contribution in [2.24, 2.45) is 0 Å². The molecular formula is C7H15P. The van der Waals surface area contributed by atoms with Gasteiger partial charge in [0.05, 0.1) is 0 Å². The van der Waals surface area contributed by atoms with Gasteiger partial charge in [-0.1, -0.05) is 27.7 Å². The van der Waals surface area contributed by atoms with E-state index >= 15 is 0 Å². The Balaban J connectivity index is 2.42. The second kappa shape index (κ2) is 1.48. The van der Waals surface area contributed by atoms with Crippen LogP contribution in [-0.4, -0.2) is 10.3 Å². The van der Waals surface area contributed by atoms with Crippen molar-refractivity contribution < 1.29 is 0 Å². The zero-order valence-corrected chi connectivity index (χ0v) is 7.21. The second-order valence-corrected chi connectivity index (χ2v) is 7.03. The molecule has 0 aromatic rings. The molecular weight excluding hydrogens is 115 g/mol. The van der Waals surface area contributed by atoms with Crippen molar-refractivity contribution in [3.8, 4) is 0 Å². The lowest BCUT2D eigenvalue weighted by Gasteiger charge is -2.49. The van der Waals surface area contributed by atoms with Crippen LogP contribution in [0.2, 0.25) is 0 Å². The molecule has 0 amide bonds. The van der Waals surface area contributed by atoms with E-state index in [1.54, 1.807) is 0 Å². The van der Waals surface area contributed by atoms with Crippen molar-refractivity contribution in [2.45, 2.75) is 44.4 Å². The lowest BCUT2D eigenvalue weighted by Crippen LogP contribution is -2.39. The van der Waals surface area contributed by atoms with Gasteiger partial charge in [0.1, 0.15) is 0 Å². The first-order chi connectivity index (χ1) is 3.41. The maximum absolute atomic E-state index is 2.36. The van der Waals surface area contributed by atoms with Crippen LogP contribution in [0.25, 0.3) is 0 Å². The quantitative estimate of drug-likeness (QED) is 0.442. The smallest absolute Gasteiger partial charge is 0.0165 e. The molecule has 1 aliphatic rings. The predicted octanol–water partition coefficient (Wildman–Crippen LogP) is 2.63. The van der Waals surface area contributed by atoms with Gasteiger partial charge in [0.25, 0.3) is 0 Å². The average Bonchev–Trinajstić information content (AvgIpc) is 1.20. The molecule has 0 radical (unpaired) electrons. The third-order valence-electron chi connectivity index (χ3n) is 1.56. The molecule has 1 saturated heterocycles. The highest BCUT2D eigenvalue weighted by atomic mass is 31.1. The summed E-state index contributed by atoms with van der Waals surface area (Å²) < 4.78 is 0. The van der Waals surface area contributed by atoms with Crippen LogP contribution in [0.5, 0.6) is 0 Å². The van der Waals surface area contributed by atoms with Crippen molar-refractivity contribution >= 4 is 8.58 Å². The van der Waals surface area contributed by atoms with E-state index in [1.807, 2.05) is 0 Å². The highest BCUT2D eigenvalue weighted by molar-refractivity contribution is 7.43. The van der Waals surface area contributed by atoms with Crippen molar-refractivity contribution in [1.82, 2.24) is 0 Å². The molecule has 48 valence electrons. The molecule has 0 aliphatic carbocycles. The van der Waals surface area contributed by atoms with E-state index in [-0.39, 0.29) is 0 Å². The summed E-state index contributed by atoms with van der Waals surface area (Å²) in [6.07, 6.45) is 1.42. The Kier molecular flexibility index (Phi) is 1.21. The molecule has 0 aromatic heterocycles. The Morgan fingerprint density at radius 2 is 1.25 bits per heavy atom. The molecule has 0 nitrogen and oxygen atoms in total. The maximum atomic E-state index is 2.36. The minimum atomic E-state index is 0.684. The number of hydrogen-bond acceptors (Lipinski definition) is 0. The van der Waals surface area contributed by atoms with E-state index in [0.29, 0.717) is 10.3 Å². The molecule has 1 heteroatoms. The molecule has 0 bridgehead atoms. The van der Waals surface area contributed by atoms with Crippen molar-refractivity contribution in [2.75, 3.05) is 0 Å². The monoisotopic (exact) mass is 130 g/mol. The molecule has 0 saturated carbocycles. The zero-order chi connectivity index (χ0) is 6.41. The Morgan fingerprint density at radius 1 is 1.00 bits per heavy atom. The highest BCUT2D eigenvalue weighted by Gasteiger charge is 2.41. The summed E-state index contributed by atoms with van der Waals surface area (Å²) in [5.74, 6) is 0. The van der Waals surface area contributed by atoms with Gasteiger partial charge in [-0.3, -0.25) is 0 Å². The van der Waals surface area contributed by atoms with E-state index < -0.39 is 0 Å². The van der Waals surface area contributed by atoms with Gasteiger partial charge in [0, 0.05) is 0 Å². The Labute approximate surface area is 53.8 Å². The summed E-state index contributed by atoms with van der Waals surface area (Å²) >= 11 is 0. The van der Waals surface area contributed by atoms with E-state index in [4.69, 9.17) is 0 Å².